The van der Waals surface area contributed by atoms with Gasteiger partial charge in [0.1, 0.15) is 0 Å². The third-order valence-corrected chi connectivity index (χ3v) is 6.10. The fourth-order valence-corrected chi connectivity index (χ4v) is 4.28. The summed E-state index contributed by atoms with van der Waals surface area (Å²) in [5.74, 6) is 0. The number of halogens is 1. The second kappa shape index (κ2) is 6.84. The van der Waals surface area contributed by atoms with Crippen molar-refractivity contribution in [2.45, 2.75) is 32.7 Å². The van der Waals surface area contributed by atoms with E-state index in [0.717, 1.165) is 6.54 Å². The molecule has 1 saturated heterocycles. The van der Waals surface area contributed by atoms with E-state index in [1.807, 2.05) is 11.3 Å². The van der Waals surface area contributed by atoms with Gasteiger partial charge in [0.25, 0.3) is 0 Å². The molecule has 2 nitrogen and oxygen atoms in total. The Morgan fingerprint density at radius 2 is 1.86 bits per heavy atom. The molecular formula is C17H21BrN2S. The highest BCUT2D eigenvalue weighted by Crippen LogP contribution is 2.27. The molecule has 1 fully saturated rings. The summed E-state index contributed by atoms with van der Waals surface area (Å²) in [4.78, 5) is 5.19. The summed E-state index contributed by atoms with van der Waals surface area (Å²) in [6.07, 6.45) is 4.03. The van der Waals surface area contributed by atoms with E-state index in [1.54, 1.807) is 0 Å². The maximum absolute atomic E-state index is 3.57. The first-order valence-electron chi connectivity index (χ1n) is 7.56. The first-order chi connectivity index (χ1) is 10.2. The van der Waals surface area contributed by atoms with E-state index in [2.05, 4.69) is 63.4 Å². The Kier molecular flexibility index (Phi) is 4.86. The van der Waals surface area contributed by atoms with E-state index in [-0.39, 0.29) is 0 Å². The lowest BCUT2D eigenvalue weighted by atomic mass is 10.1. The minimum atomic E-state index is 0.889. The lowest BCUT2D eigenvalue weighted by molar-refractivity contribution is 0.578. The van der Waals surface area contributed by atoms with Crippen molar-refractivity contribution in [2.24, 2.45) is 0 Å². The zero-order valence-electron chi connectivity index (χ0n) is 12.4. The Labute approximate surface area is 139 Å². The van der Waals surface area contributed by atoms with E-state index < -0.39 is 0 Å². The molecule has 112 valence electrons. The van der Waals surface area contributed by atoms with Crippen LogP contribution in [-0.4, -0.2) is 13.1 Å². The molecule has 1 N–H and O–H groups in total. The number of rotatable bonds is 4. The van der Waals surface area contributed by atoms with E-state index in [0.29, 0.717) is 0 Å². The van der Waals surface area contributed by atoms with Crippen molar-refractivity contribution in [1.82, 2.24) is 0 Å². The molecule has 0 bridgehead atoms. The molecule has 0 atom stereocenters. The van der Waals surface area contributed by atoms with Gasteiger partial charge in [-0.15, -0.1) is 11.3 Å². The molecule has 0 aliphatic carbocycles. The van der Waals surface area contributed by atoms with Crippen LogP contribution in [0, 0.1) is 6.92 Å². The van der Waals surface area contributed by atoms with Gasteiger partial charge in [-0.3, -0.25) is 0 Å². The molecule has 0 amide bonds. The van der Waals surface area contributed by atoms with Crippen molar-refractivity contribution in [3.05, 3.63) is 44.6 Å². The van der Waals surface area contributed by atoms with Crippen LogP contribution in [-0.2, 0) is 6.54 Å². The second-order valence-corrected chi connectivity index (χ2v) is 7.76. The van der Waals surface area contributed by atoms with Gasteiger partial charge in [0.15, 0.2) is 0 Å². The van der Waals surface area contributed by atoms with Crippen molar-refractivity contribution in [1.29, 1.82) is 0 Å². The molecule has 21 heavy (non-hydrogen) atoms. The van der Waals surface area contributed by atoms with Gasteiger partial charge in [-0.25, -0.2) is 0 Å². The summed E-state index contributed by atoms with van der Waals surface area (Å²) >= 11 is 5.41. The summed E-state index contributed by atoms with van der Waals surface area (Å²) in [5.41, 5.74) is 2.55. The molecular weight excluding hydrogens is 344 g/mol. The number of benzene rings is 1. The van der Waals surface area contributed by atoms with Crippen LogP contribution in [0.2, 0.25) is 0 Å². The summed E-state index contributed by atoms with van der Waals surface area (Å²) < 4.78 is 1.21. The minimum Gasteiger partial charge on any atom is -0.380 e. The molecule has 1 aliphatic rings. The smallest absolute Gasteiger partial charge is 0.0494 e. The first-order valence-corrected chi connectivity index (χ1v) is 9.17. The molecule has 0 saturated carbocycles. The maximum atomic E-state index is 3.57. The SMILES string of the molecule is Cc1sc(CNc2ccc(N3CCCCC3)cc2)cc1Br. The number of nitrogens with one attached hydrogen (secondary N) is 1. The van der Waals surface area contributed by atoms with Crippen molar-refractivity contribution in [3.63, 3.8) is 0 Å². The standard InChI is InChI=1S/C17H21BrN2S/c1-13-17(18)11-16(21-13)12-19-14-5-7-15(8-6-14)20-9-3-2-4-10-20/h5-8,11,19H,2-4,9-10,12H2,1H3. The third-order valence-electron chi connectivity index (χ3n) is 3.96. The Bertz CT molecular complexity index is 566. The predicted molar refractivity (Wildman–Crippen MR) is 96.6 cm³/mol. The molecule has 1 aromatic heterocycles. The van der Waals surface area contributed by atoms with Crippen LogP contribution in [0.5, 0.6) is 0 Å². The van der Waals surface area contributed by atoms with Gasteiger partial charge in [-0.1, -0.05) is 0 Å². The number of hydrogen-bond acceptors (Lipinski definition) is 3. The number of aryl methyl sites for hydroxylation is 1. The van der Waals surface area contributed by atoms with Crippen molar-refractivity contribution >= 4 is 38.6 Å². The van der Waals surface area contributed by atoms with Crippen LogP contribution in [0.15, 0.2) is 34.8 Å². The molecule has 0 radical (unpaired) electrons. The molecule has 4 heteroatoms. The number of hydrogen-bond donors (Lipinski definition) is 1. The minimum absolute atomic E-state index is 0.889. The average Bonchev–Trinajstić information content (AvgIpc) is 2.85. The van der Waals surface area contributed by atoms with Gasteiger partial charge >= 0.3 is 0 Å². The van der Waals surface area contributed by atoms with Crippen molar-refractivity contribution < 1.29 is 0 Å². The highest BCUT2D eigenvalue weighted by Gasteiger charge is 2.10. The van der Waals surface area contributed by atoms with Gasteiger partial charge in [0, 0.05) is 45.2 Å². The zero-order chi connectivity index (χ0) is 14.7. The Hall–Kier alpha value is -1.000. The number of nitrogens with zero attached hydrogens (tertiary/aromatic N) is 1. The van der Waals surface area contributed by atoms with Crippen LogP contribution in [0.3, 0.4) is 0 Å². The van der Waals surface area contributed by atoms with Crippen LogP contribution in [0.1, 0.15) is 29.0 Å². The fraction of sp³-hybridized carbons (Fsp3) is 0.412. The quantitative estimate of drug-likeness (QED) is 0.778. The van der Waals surface area contributed by atoms with Gasteiger partial charge in [0.05, 0.1) is 0 Å². The molecule has 1 aliphatic heterocycles. The second-order valence-electron chi connectivity index (χ2n) is 5.56. The first kappa shape index (κ1) is 14.9. The Balaban J connectivity index is 1.59. The van der Waals surface area contributed by atoms with Crippen molar-refractivity contribution in [3.8, 4) is 0 Å². The Morgan fingerprint density at radius 3 is 2.48 bits per heavy atom. The highest BCUT2D eigenvalue weighted by atomic mass is 79.9. The summed E-state index contributed by atoms with van der Waals surface area (Å²) in [5, 5.41) is 3.50. The highest BCUT2D eigenvalue weighted by molar-refractivity contribution is 9.10. The topological polar surface area (TPSA) is 15.3 Å². The van der Waals surface area contributed by atoms with Crippen LogP contribution >= 0.6 is 27.3 Å². The lowest BCUT2D eigenvalue weighted by Crippen LogP contribution is -2.29. The Morgan fingerprint density at radius 1 is 1.14 bits per heavy atom. The van der Waals surface area contributed by atoms with Gasteiger partial charge < -0.3 is 10.2 Å². The summed E-state index contributed by atoms with van der Waals surface area (Å²) in [6, 6.07) is 11.1. The number of anilines is 2. The van der Waals surface area contributed by atoms with Crippen LogP contribution in [0.4, 0.5) is 11.4 Å². The number of piperidine rings is 1. The maximum Gasteiger partial charge on any atom is 0.0494 e. The van der Waals surface area contributed by atoms with E-state index in [4.69, 9.17) is 0 Å². The third kappa shape index (κ3) is 3.80. The molecule has 0 spiro atoms. The van der Waals surface area contributed by atoms with Crippen molar-refractivity contribution in [2.75, 3.05) is 23.3 Å². The monoisotopic (exact) mass is 364 g/mol. The number of thiophene rings is 1. The molecule has 1 aromatic carbocycles. The summed E-state index contributed by atoms with van der Waals surface area (Å²) in [6.45, 7) is 5.44. The predicted octanol–water partition coefficient (Wildman–Crippen LogP) is 5.42. The van der Waals surface area contributed by atoms with Crippen LogP contribution in [0.25, 0.3) is 0 Å². The normalized spacial score (nSPS) is 15.2. The average molecular weight is 365 g/mol. The molecule has 0 unspecified atom stereocenters. The zero-order valence-corrected chi connectivity index (χ0v) is 14.8. The molecule has 2 aromatic rings. The molecule has 2 heterocycles. The van der Waals surface area contributed by atoms with Gasteiger partial charge in [0.2, 0.25) is 0 Å². The van der Waals surface area contributed by atoms with Gasteiger partial charge in [-0.05, 0) is 72.4 Å². The lowest BCUT2D eigenvalue weighted by Gasteiger charge is -2.28. The van der Waals surface area contributed by atoms with Gasteiger partial charge in [-0.2, -0.15) is 0 Å². The van der Waals surface area contributed by atoms with E-state index in [1.165, 1.54) is 58.0 Å². The van der Waals surface area contributed by atoms with E-state index >= 15 is 0 Å². The molecule has 3 rings (SSSR count). The van der Waals surface area contributed by atoms with E-state index in [9.17, 15) is 0 Å². The largest absolute Gasteiger partial charge is 0.380 e. The summed E-state index contributed by atoms with van der Waals surface area (Å²) in [7, 11) is 0. The van der Waals surface area contributed by atoms with Crippen LogP contribution < -0.4 is 10.2 Å². The fourth-order valence-electron chi connectivity index (χ4n) is 2.74.